The van der Waals surface area contributed by atoms with Gasteiger partial charge in [0.2, 0.25) is 0 Å². The maximum absolute atomic E-state index is 12.3. The molecule has 3 nitrogen and oxygen atoms in total. The zero-order valence-corrected chi connectivity index (χ0v) is 12.3. The predicted octanol–water partition coefficient (Wildman–Crippen LogP) is 2.34. The van der Waals surface area contributed by atoms with Gasteiger partial charge in [-0.2, -0.15) is 0 Å². The lowest BCUT2D eigenvalue weighted by molar-refractivity contribution is 0.585. The van der Waals surface area contributed by atoms with Crippen molar-refractivity contribution in [3.05, 3.63) is 65.7 Å². The molecule has 0 radical (unpaired) electrons. The molecule has 0 aliphatic heterocycles. The molecule has 0 saturated carbocycles. The number of hydrogen-bond acceptors (Lipinski definition) is 3. The van der Waals surface area contributed by atoms with Gasteiger partial charge in [-0.25, -0.2) is 8.42 Å². The van der Waals surface area contributed by atoms with Crippen molar-refractivity contribution in [3.63, 3.8) is 0 Å². The SMILES string of the molecule is Cc1cccc(S(=O)(=O)CC(N)Cc2ccccc2)c1. The molecule has 0 bridgehead atoms. The molecule has 2 aromatic carbocycles. The van der Waals surface area contributed by atoms with Gasteiger partial charge in [0, 0.05) is 6.04 Å². The minimum absolute atomic E-state index is 0.0364. The highest BCUT2D eigenvalue weighted by Crippen LogP contribution is 2.14. The topological polar surface area (TPSA) is 60.2 Å². The van der Waals surface area contributed by atoms with Crippen LogP contribution in [0.4, 0.5) is 0 Å². The minimum atomic E-state index is -3.33. The Balaban J connectivity index is 2.08. The Morgan fingerprint density at radius 2 is 1.75 bits per heavy atom. The number of nitrogens with two attached hydrogens (primary N) is 1. The maximum Gasteiger partial charge on any atom is 0.179 e. The van der Waals surface area contributed by atoms with Crippen molar-refractivity contribution in [3.8, 4) is 0 Å². The first kappa shape index (κ1) is 14.8. The molecule has 2 N–H and O–H groups in total. The standard InChI is InChI=1S/C16H19NO2S/c1-13-6-5-9-16(10-13)20(18,19)12-15(17)11-14-7-3-2-4-8-14/h2-10,15H,11-12,17H2,1H3. The average Bonchev–Trinajstić information content (AvgIpc) is 2.39. The van der Waals surface area contributed by atoms with Crippen LogP contribution in [0.5, 0.6) is 0 Å². The first-order valence-corrected chi connectivity index (χ1v) is 8.21. The number of sulfone groups is 1. The highest BCUT2D eigenvalue weighted by molar-refractivity contribution is 7.91. The lowest BCUT2D eigenvalue weighted by Crippen LogP contribution is -2.31. The predicted molar refractivity (Wildman–Crippen MR) is 81.4 cm³/mol. The van der Waals surface area contributed by atoms with E-state index in [0.717, 1.165) is 11.1 Å². The van der Waals surface area contributed by atoms with Crippen LogP contribution in [0.25, 0.3) is 0 Å². The molecular weight excluding hydrogens is 270 g/mol. The van der Waals surface area contributed by atoms with Crippen LogP contribution in [0, 0.1) is 6.92 Å². The third-order valence-electron chi connectivity index (χ3n) is 3.12. The Morgan fingerprint density at radius 3 is 2.40 bits per heavy atom. The summed E-state index contributed by atoms with van der Waals surface area (Å²) in [6.45, 7) is 1.88. The Morgan fingerprint density at radius 1 is 1.05 bits per heavy atom. The fourth-order valence-electron chi connectivity index (χ4n) is 2.16. The molecule has 0 spiro atoms. The van der Waals surface area contributed by atoms with E-state index >= 15 is 0 Å². The van der Waals surface area contributed by atoms with Crippen LogP contribution in [0.2, 0.25) is 0 Å². The fraction of sp³-hybridized carbons (Fsp3) is 0.250. The summed E-state index contributed by atoms with van der Waals surface area (Å²) in [7, 11) is -3.33. The molecule has 4 heteroatoms. The summed E-state index contributed by atoms with van der Waals surface area (Å²) in [5.74, 6) is -0.0364. The Hall–Kier alpha value is -1.65. The van der Waals surface area contributed by atoms with Crippen molar-refractivity contribution in [2.75, 3.05) is 5.75 Å². The van der Waals surface area contributed by atoms with Gasteiger partial charge < -0.3 is 5.73 Å². The quantitative estimate of drug-likeness (QED) is 0.919. The molecule has 0 amide bonds. The van der Waals surface area contributed by atoms with Crippen LogP contribution in [-0.2, 0) is 16.3 Å². The molecule has 106 valence electrons. The second-order valence-electron chi connectivity index (χ2n) is 5.05. The molecule has 2 rings (SSSR count). The van der Waals surface area contributed by atoms with E-state index in [9.17, 15) is 8.42 Å². The first-order chi connectivity index (χ1) is 9.47. The molecule has 0 fully saturated rings. The van der Waals surface area contributed by atoms with E-state index in [1.54, 1.807) is 18.2 Å². The minimum Gasteiger partial charge on any atom is -0.326 e. The van der Waals surface area contributed by atoms with Crippen LogP contribution in [0.15, 0.2) is 59.5 Å². The monoisotopic (exact) mass is 289 g/mol. The fourth-order valence-corrected chi connectivity index (χ4v) is 3.69. The molecule has 0 aliphatic rings. The summed E-state index contributed by atoms with van der Waals surface area (Å²) < 4.78 is 24.6. The van der Waals surface area contributed by atoms with Gasteiger partial charge in [0.15, 0.2) is 9.84 Å². The lowest BCUT2D eigenvalue weighted by Gasteiger charge is -2.12. The van der Waals surface area contributed by atoms with Gasteiger partial charge in [-0.05, 0) is 36.6 Å². The summed E-state index contributed by atoms with van der Waals surface area (Å²) in [5, 5.41) is 0. The number of benzene rings is 2. The van der Waals surface area contributed by atoms with Gasteiger partial charge in [-0.1, -0.05) is 42.5 Å². The lowest BCUT2D eigenvalue weighted by atomic mass is 10.1. The van der Waals surface area contributed by atoms with Gasteiger partial charge in [0.1, 0.15) is 0 Å². The van der Waals surface area contributed by atoms with Gasteiger partial charge >= 0.3 is 0 Å². The zero-order chi connectivity index (χ0) is 14.6. The highest BCUT2D eigenvalue weighted by atomic mass is 32.2. The summed E-state index contributed by atoms with van der Waals surface area (Å²) in [6, 6.07) is 16.2. The van der Waals surface area contributed by atoms with Gasteiger partial charge in [0.25, 0.3) is 0 Å². The molecule has 1 unspecified atom stereocenters. The second kappa shape index (κ2) is 6.20. The average molecular weight is 289 g/mol. The third-order valence-corrected chi connectivity index (χ3v) is 4.96. The Kier molecular flexibility index (Phi) is 4.57. The highest BCUT2D eigenvalue weighted by Gasteiger charge is 2.19. The molecule has 20 heavy (non-hydrogen) atoms. The Labute approximate surface area is 120 Å². The van der Waals surface area contributed by atoms with Crippen LogP contribution >= 0.6 is 0 Å². The van der Waals surface area contributed by atoms with E-state index in [4.69, 9.17) is 5.73 Å². The van der Waals surface area contributed by atoms with E-state index in [1.807, 2.05) is 43.3 Å². The zero-order valence-electron chi connectivity index (χ0n) is 11.5. The van der Waals surface area contributed by atoms with Crippen molar-refractivity contribution in [2.45, 2.75) is 24.3 Å². The summed E-state index contributed by atoms with van der Waals surface area (Å²) >= 11 is 0. The number of hydrogen-bond donors (Lipinski definition) is 1. The second-order valence-corrected chi connectivity index (χ2v) is 7.08. The van der Waals surface area contributed by atoms with E-state index in [1.165, 1.54) is 0 Å². The van der Waals surface area contributed by atoms with E-state index in [2.05, 4.69) is 0 Å². The van der Waals surface area contributed by atoms with Crippen LogP contribution in [0.3, 0.4) is 0 Å². The first-order valence-electron chi connectivity index (χ1n) is 6.56. The molecule has 0 aromatic heterocycles. The van der Waals surface area contributed by atoms with Crippen LogP contribution < -0.4 is 5.73 Å². The molecule has 2 aromatic rings. The normalized spacial score (nSPS) is 13.1. The van der Waals surface area contributed by atoms with E-state index < -0.39 is 15.9 Å². The van der Waals surface area contributed by atoms with Crippen LogP contribution in [0.1, 0.15) is 11.1 Å². The van der Waals surface area contributed by atoms with E-state index in [-0.39, 0.29) is 5.75 Å². The van der Waals surface area contributed by atoms with Crippen molar-refractivity contribution in [1.82, 2.24) is 0 Å². The third kappa shape index (κ3) is 3.92. The maximum atomic E-state index is 12.3. The number of rotatable bonds is 5. The van der Waals surface area contributed by atoms with E-state index in [0.29, 0.717) is 11.3 Å². The smallest absolute Gasteiger partial charge is 0.179 e. The van der Waals surface area contributed by atoms with Gasteiger partial charge in [-0.3, -0.25) is 0 Å². The summed E-state index contributed by atoms with van der Waals surface area (Å²) in [6.07, 6.45) is 0.561. The van der Waals surface area contributed by atoms with Crippen LogP contribution in [-0.4, -0.2) is 20.2 Å². The summed E-state index contributed by atoms with van der Waals surface area (Å²) in [4.78, 5) is 0.348. The largest absolute Gasteiger partial charge is 0.326 e. The van der Waals surface area contributed by atoms with Crippen molar-refractivity contribution in [2.24, 2.45) is 5.73 Å². The van der Waals surface area contributed by atoms with Crippen molar-refractivity contribution in [1.29, 1.82) is 0 Å². The molecular formula is C16H19NO2S. The number of aryl methyl sites for hydroxylation is 1. The Bertz CT molecular complexity index is 666. The molecule has 0 aliphatic carbocycles. The van der Waals surface area contributed by atoms with Gasteiger partial charge in [0.05, 0.1) is 10.6 Å². The molecule has 0 saturated heterocycles. The van der Waals surface area contributed by atoms with Crippen molar-refractivity contribution < 1.29 is 8.42 Å². The molecule has 1 atom stereocenters. The van der Waals surface area contributed by atoms with Gasteiger partial charge in [-0.15, -0.1) is 0 Å². The van der Waals surface area contributed by atoms with Crippen molar-refractivity contribution >= 4 is 9.84 Å². The summed E-state index contributed by atoms with van der Waals surface area (Å²) in [5.41, 5.74) is 7.98. The molecule has 0 heterocycles.